The highest BCUT2D eigenvalue weighted by molar-refractivity contribution is 5.15. The smallest absolute Gasteiger partial charge is 0.0624 e. The van der Waals surface area contributed by atoms with Gasteiger partial charge in [0.25, 0.3) is 0 Å². The highest BCUT2D eigenvalue weighted by Crippen LogP contribution is 2.29. The summed E-state index contributed by atoms with van der Waals surface area (Å²) >= 11 is 0. The molecule has 1 N–H and O–H groups in total. The molecule has 18 heavy (non-hydrogen) atoms. The van der Waals surface area contributed by atoms with Crippen molar-refractivity contribution in [2.24, 2.45) is 0 Å². The van der Waals surface area contributed by atoms with E-state index in [-0.39, 0.29) is 0 Å². The van der Waals surface area contributed by atoms with Crippen molar-refractivity contribution in [3.8, 4) is 0 Å². The molecule has 3 heteroatoms. The van der Waals surface area contributed by atoms with Crippen LogP contribution in [0.5, 0.6) is 0 Å². The van der Waals surface area contributed by atoms with E-state index >= 15 is 0 Å². The minimum Gasteiger partial charge on any atom is -0.311 e. The molecule has 1 aromatic heterocycles. The van der Waals surface area contributed by atoms with Crippen molar-refractivity contribution in [3.05, 3.63) is 17.5 Å². The quantitative estimate of drug-likeness (QED) is 0.840. The second-order valence-corrected chi connectivity index (χ2v) is 5.53. The van der Waals surface area contributed by atoms with Crippen molar-refractivity contribution in [3.63, 3.8) is 0 Å². The molecule has 1 aliphatic heterocycles. The molecule has 1 fully saturated rings. The number of aryl methyl sites for hydroxylation is 2. The van der Waals surface area contributed by atoms with Crippen molar-refractivity contribution >= 4 is 0 Å². The summed E-state index contributed by atoms with van der Waals surface area (Å²) in [6.45, 7) is 8.82. The Bertz CT molecular complexity index is 375. The van der Waals surface area contributed by atoms with Gasteiger partial charge in [0.05, 0.1) is 5.69 Å². The Hall–Kier alpha value is -0.830. The molecule has 0 amide bonds. The van der Waals surface area contributed by atoms with E-state index in [1.165, 1.54) is 43.6 Å². The van der Waals surface area contributed by atoms with E-state index < -0.39 is 0 Å². The predicted molar refractivity (Wildman–Crippen MR) is 75.9 cm³/mol. The minimum absolute atomic E-state index is 0.340. The number of aromatic nitrogens is 2. The minimum atomic E-state index is 0.340. The van der Waals surface area contributed by atoms with Crippen LogP contribution in [0.1, 0.15) is 57.8 Å². The Kier molecular flexibility index (Phi) is 4.44. The Balaban J connectivity index is 2.17. The van der Waals surface area contributed by atoms with Gasteiger partial charge in [0.15, 0.2) is 0 Å². The van der Waals surface area contributed by atoms with Crippen LogP contribution in [0.2, 0.25) is 0 Å². The lowest BCUT2D eigenvalue weighted by Gasteiger charge is -2.29. The summed E-state index contributed by atoms with van der Waals surface area (Å²) in [4.78, 5) is 0. The second-order valence-electron chi connectivity index (χ2n) is 5.53. The van der Waals surface area contributed by atoms with Gasteiger partial charge >= 0.3 is 0 Å². The lowest BCUT2D eigenvalue weighted by atomic mass is 9.87. The Morgan fingerprint density at radius 1 is 1.39 bits per heavy atom. The summed E-state index contributed by atoms with van der Waals surface area (Å²) in [5.74, 6) is 0. The van der Waals surface area contributed by atoms with Gasteiger partial charge in [-0.1, -0.05) is 20.3 Å². The van der Waals surface area contributed by atoms with Gasteiger partial charge in [0.2, 0.25) is 0 Å². The van der Waals surface area contributed by atoms with Gasteiger partial charge in [-0.15, -0.1) is 0 Å². The predicted octanol–water partition coefficient (Wildman–Crippen LogP) is 2.93. The van der Waals surface area contributed by atoms with Gasteiger partial charge in [-0.05, 0) is 45.2 Å². The molecule has 0 bridgehead atoms. The van der Waals surface area contributed by atoms with Gasteiger partial charge in [-0.3, -0.25) is 4.68 Å². The fraction of sp³-hybridized carbons (Fsp3) is 0.800. The third kappa shape index (κ3) is 2.77. The van der Waals surface area contributed by atoms with Gasteiger partial charge in [0.1, 0.15) is 0 Å². The first kappa shape index (κ1) is 13.6. The third-order valence-corrected chi connectivity index (χ3v) is 4.16. The first-order valence-electron chi connectivity index (χ1n) is 7.53. The standard InChI is InChI=1S/C15H27N3/c1-4-8-15(9-7-10-16-15)12-14-11-13(5-2)17-18(14)6-3/h11,16H,4-10,12H2,1-3H3. The molecule has 102 valence electrons. The van der Waals surface area contributed by atoms with E-state index in [1.54, 1.807) is 0 Å². The van der Waals surface area contributed by atoms with Crippen LogP contribution in [0, 0.1) is 0 Å². The molecule has 0 aliphatic carbocycles. The number of nitrogens with zero attached hydrogens (tertiary/aromatic N) is 2. The van der Waals surface area contributed by atoms with Crippen molar-refractivity contribution in [2.75, 3.05) is 6.54 Å². The SMILES string of the molecule is CCCC1(Cc2cc(CC)nn2CC)CCCN1. The average molecular weight is 249 g/mol. The monoisotopic (exact) mass is 249 g/mol. The maximum atomic E-state index is 4.67. The zero-order valence-electron chi connectivity index (χ0n) is 12.1. The molecule has 2 rings (SSSR count). The fourth-order valence-electron chi connectivity index (χ4n) is 3.25. The molecular formula is C15H27N3. The normalized spacial score (nSPS) is 23.7. The number of hydrogen-bond acceptors (Lipinski definition) is 2. The van der Waals surface area contributed by atoms with Crippen LogP contribution in [0.4, 0.5) is 0 Å². The molecule has 0 spiro atoms. The second kappa shape index (κ2) is 5.87. The Morgan fingerprint density at radius 2 is 2.22 bits per heavy atom. The first-order chi connectivity index (χ1) is 8.73. The van der Waals surface area contributed by atoms with E-state index in [4.69, 9.17) is 0 Å². The summed E-state index contributed by atoms with van der Waals surface area (Å²) in [5.41, 5.74) is 2.99. The van der Waals surface area contributed by atoms with Crippen LogP contribution in [0.3, 0.4) is 0 Å². The highest BCUT2D eigenvalue weighted by atomic mass is 15.3. The van der Waals surface area contributed by atoms with Crippen molar-refractivity contribution < 1.29 is 0 Å². The summed E-state index contributed by atoms with van der Waals surface area (Å²) < 4.78 is 2.19. The zero-order chi connectivity index (χ0) is 13.0. The van der Waals surface area contributed by atoms with Crippen LogP contribution in [0.15, 0.2) is 6.07 Å². The number of hydrogen-bond donors (Lipinski definition) is 1. The van der Waals surface area contributed by atoms with E-state index in [2.05, 4.69) is 41.9 Å². The molecule has 1 saturated heterocycles. The molecule has 0 radical (unpaired) electrons. The summed E-state index contributed by atoms with van der Waals surface area (Å²) in [6, 6.07) is 2.31. The lowest BCUT2D eigenvalue weighted by molar-refractivity contribution is 0.332. The van der Waals surface area contributed by atoms with Crippen LogP contribution >= 0.6 is 0 Å². The fourth-order valence-corrected chi connectivity index (χ4v) is 3.25. The summed E-state index contributed by atoms with van der Waals surface area (Å²) in [7, 11) is 0. The molecule has 1 aromatic rings. The summed E-state index contributed by atoms with van der Waals surface area (Å²) in [5, 5.41) is 8.43. The van der Waals surface area contributed by atoms with Crippen LogP contribution in [-0.2, 0) is 19.4 Å². The third-order valence-electron chi connectivity index (χ3n) is 4.16. The molecule has 0 saturated carbocycles. The van der Waals surface area contributed by atoms with Crippen LogP contribution in [-0.4, -0.2) is 21.9 Å². The Morgan fingerprint density at radius 3 is 2.78 bits per heavy atom. The van der Waals surface area contributed by atoms with Gasteiger partial charge < -0.3 is 5.32 Å². The van der Waals surface area contributed by atoms with Gasteiger partial charge in [-0.2, -0.15) is 5.10 Å². The molecule has 1 aliphatic rings. The van der Waals surface area contributed by atoms with E-state index in [0.29, 0.717) is 5.54 Å². The Labute approximate surface area is 111 Å². The maximum Gasteiger partial charge on any atom is 0.0624 e. The first-order valence-corrected chi connectivity index (χ1v) is 7.53. The highest BCUT2D eigenvalue weighted by Gasteiger charge is 2.33. The maximum absolute atomic E-state index is 4.67. The van der Waals surface area contributed by atoms with Crippen molar-refractivity contribution in [1.82, 2.24) is 15.1 Å². The van der Waals surface area contributed by atoms with Crippen molar-refractivity contribution in [2.45, 2.75) is 71.4 Å². The van der Waals surface area contributed by atoms with Gasteiger partial charge in [-0.25, -0.2) is 0 Å². The molecule has 2 heterocycles. The van der Waals surface area contributed by atoms with E-state index in [1.807, 2.05) is 0 Å². The van der Waals surface area contributed by atoms with Crippen LogP contribution in [0.25, 0.3) is 0 Å². The largest absolute Gasteiger partial charge is 0.311 e. The van der Waals surface area contributed by atoms with Gasteiger partial charge in [0, 0.05) is 24.2 Å². The summed E-state index contributed by atoms with van der Waals surface area (Å²) in [6.07, 6.45) is 7.35. The zero-order valence-corrected chi connectivity index (χ0v) is 12.1. The molecule has 0 aromatic carbocycles. The molecule has 1 atom stereocenters. The molecule has 3 nitrogen and oxygen atoms in total. The van der Waals surface area contributed by atoms with Crippen molar-refractivity contribution in [1.29, 1.82) is 0 Å². The molecule has 1 unspecified atom stereocenters. The number of rotatable bonds is 6. The lowest BCUT2D eigenvalue weighted by Crippen LogP contribution is -2.42. The molecular weight excluding hydrogens is 222 g/mol. The van der Waals surface area contributed by atoms with Crippen LogP contribution < -0.4 is 5.32 Å². The van der Waals surface area contributed by atoms with E-state index in [0.717, 1.165) is 19.4 Å². The van der Waals surface area contributed by atoms with E-state index in [9.17, 15) is 0 Å². The topological polar surface area (TPSA) is 29.9 Å². The average Bonchev–Trinajstić information content (AvgIpc) is 2.97. The number of nitrogens with one attached hydrogen (secondary N) is 1.